The maximum Gasteiger partial charge on any atom is 0.319 e. The van der Waals surface area contributed by atoms with Gasteiger partial charge in [0, 0.05) is 29.7 Å². The van der Waals surface area contributed by atoms with Crippen molar-refractivity contribution in [1.82, 2.24) is 20.4 Å². The summed E-state index contributed by atoms with van der Waals surface area (Å²) in [7, 11) is 0. The summed E-state index contributed by atoms with van der Waals surface area (Å²) in [5.41, 5.74) is 2.46. The molecule has 7 heteroatoms. The molecule has 1 saturated carbocycles. The third-order valence-electron chi connectivity index (χ3n) is 4.69. The molecule has 0 bridgehead atoms. The first-order valence-electron chi connectivity index (χ1n) is 9.16. The SMILES string of the molecule is O=C(Nc1ccccc1Cc1nc(-c2cccnc2)no1)NC1CCCC1. The molecular formula is C20H21N5O2. The van der Waals surface area contributed by atoms with Gasteiger partial charge in [0.05, 0.1) is 6.42 Å². The number of nitrogens with one attached hydrogen (secondary N) is 2. The standard InChI is InChI=1S/C20H21N5O2/c26-20(22-16-8-2-3-9-16)23-17-10-4-1-6-14(17)12-18-24-19(25-27-18)15-7-5-11-21-13-15/h1,4-7,10-11,13,16H,2-3,8-9,12H2,(H2,22,23,26). The minimum Gasteiger partial charge on any atom is -0.339 e. The maximum atomic E-state index is 12.3. The molecule has 2 amide bonds. The molecule has 0 saturated heterocycles. The fourth-order valence-corrected chi connectivity index (χ4v) is 3.31. The Labute approximate surface area is 157 Å². The third kappa shape index (κ3) is 4.31. The van der Waals surface area contributed by atoms with Crippen molar-refractivity contribution in [2.45, 2.75) is 38.1 Å². The van der Waals surface area contributed by atoms with Crippen LogP contribution in [0.2, 0.25) is 0 Å². The molecule has 0 radical (unpaired) electrons. The smallest absolute Gasteiger partial charge is 0.319 e. The molecule has 3 aromatic rings. The van der Waals surface area contributed by atoms with E-state index < -0.39 is 0 Å². The Bertz CT molecular complexity index is 904. The molecule has 4 rings (SSSR count). The molecule has 1 aliphatic carbocycles. The zero-order valence-corrected chi connectivity index (χ0v) is 14.9. The number of hydrogen-bond acceptors (Lipinski definition) is 5. The van der Waals surface area contributed by atoms with Crippen molar-refractivity contribution in [2.24, 2.45) is 0 Å². The third-order valence-corrected chi connectivity index (χ3v) is 4.69. The number of para-hydroxylation sites is 1. The van der Waals surface area contributed by atoms with Crippen molar-refractivity contribution >= 4 is 11.7 Å². The number of benzene rings is 1. The molecule has 7 nitrogen and oxygen atoms in total. The van der Waals surface area contributed by atoms with Crippen molar-refractivity contribution in [2.75, 3.05) is 5.32 Å². The summed E-state index contributed by atoms with van der Waals surface area (Å²) in [6, 6.07) is 11.4. The van der Waals surface area contributed by atoms with E-state index in [1.54, 1.807) is 12.4 Å². The van der Waals surface area contributed by atoms with Gasteiger partial charge in [-0.25, -0.2) is 4.79 Å². The van der Waals surface area contributed by atoms with E-state index in [4.69, 9.17) is 4.52 Å². The second kappa shape index (κ2) is 7.99. The van der Waals surface area contributed by atoms with E-state index in [1.807, 2.05) is 36.4 Å². The van der Waals surface area contributed by atoms with Crippen LogP contribution >= 0.6 is 0 Å². The summed E-state index contributed by atoms with van der Waals surface area (Å²) >= 11 is 0. The Hall–Kier alpha value is -3.22. The van der Waals surface area contributed by atoms with Crippen LogP contribution in [0.1, 0.15) is 37.1 Å². The Balaban J connectivity index is 1.45. The first-order valence-corrected chi connectivity index (χ1v) is 9.16. The van der Waals surface area contributed by atoms with E-state index in [1.165, 1.54) is 12.8 Å². The average molecular weight is 363 g/mol. The van der Waals surface area contributed by atoms with Gasteiger partial charge in [0.1, 0.15) is 0 Å². The van der Waals surface area contributed by atoms with Gasteiger partial charge in [0.25, 0.3) is 0 Å². The molecular weight excluding hydrogens is 342 g/mol. The number of urea groups is 1. The van der Waals surface area contributed by atoms with Gasteiger partial charge in [-0.2, -0.15) is 4.98 Å². The number of pyridine rings is 1. The van der Waals surface area contributed by atoms with Crippen LogP contribution in [0.4, 0.5) is 10.5 Å². The van der Waals surface area contributed by atoms with Gasteiger partial charge < -0.3 is 15.2 Å². The summed E-state index contributed by atoms with van der Waals surface area (Å²) in [6.45, 7) is 0. The highest BCUT2D eigenvalue weighted by Gasteiger charge is 2.18. The summed E-state index contributed by atoms with van der Waals surface area (Å²) in [6.07, 6.45) is 8.28. The molecule has 2 aromatic heterocycles. The summed E-state index contributed by atoms with van der Waals surface area (Å²) < 4.78 is 5.37. The highest BCUT2D eigenvalue weighted by atomic mass is 16.5. The number of amides is 2. The predicted molar refractivity (Wildman–Crippen MR) is 101 cm³/mol. The summed E-state index contributed by atoms with van der Waals surface area (Å²) in [5, 5.41) is 10.00. The van der Waals surface area contributed by atoms with Crippen molar-refractivity contribution in [3.63, 3.8) is 0 Å². The number of aromatic nitrogens is 3. The fraction of sp³-hybridized carbons (Fsp3) is 0.300. The first kappa shape index (κ1) is 17.2. The predicted octanol–water partition coefficient (Wildman–Crippen LogP) is 3.79. The van der Waals surface area contributed by atoms with E-state index in [0.29, 0.717) is 18.1 Å². The van der Waals surface area contributed by atoms with Crippen LogP contribution in [0.25, 0.3) is 11.4 Å². The van der Waals surface area contributed by atoms with E-state index in [2.05, 4.69) is 25.8 Å². The Morgan fingerprint density at radius 2 is 2.00 bits per heavy atom. The number of hydrogen-bond donors (Lipinski definition) is 2. The quantitative estimate of drug-likeness (QED) is 0.719. The first-order chi connectivity index (χ1) is 13.3. The number of anilines is 1. The van der Waals surface area contributed by atoms with Crippen LogP contribution in [0.5, 0.6) is 0 Å². The van der Waals surface area contributed by atoms with Crippen LogP contribution in [0.15, 0.2) is 53.3 Å². The molecule has 1 aliphatic rings. The number of carbonyl (C=O) groups is 1. The Morgan fingerprint density at radius 3 is 2.81 bits per heavy atom. The number of rotatable bonds is 5. The van der Waals surface area contributed by atoms with Gasteiger partial charge in [-0.1, -0.05) is 36.2 Å². The Morgan fingerprint density at radius 1 is 1.15 bits per heavy atom. The van der Waals surface area contributed by atoms with Gasteiger partial charge >= 0.3 is 6.03 Å². The van der Waals surface area contributed by atoms with Gasteiger partial charge in [-0.05, 0) is 36.6 Å². The molecule has 0 unspecified atom stereocenters. The van der Waals surface area contributed by atoms with Crippen molar-refractivity contribution in [1.29, 1.82) is 0 Å². The molecule has 0 aliphatic heterocycles. The van der Waals surface area contributed by atoms with Gasteiger partial charge in [-0.15, -0.1) is 0 Å². The zero-order chi connectivity index (χ0) is 18.5. The van der Waals surface area contributed by atoms with Crippen molar-refractivity contribution < 1.29 is 9.32 Å². The van der Waals surface area contributed by atoms with Gasteiger partial charge in [-0.3, -0.25) is 4.98 Å². The molecule has 0 atom stereocenters. The second-order valence-electron chi connectivity index (χ2n) is 6.67. The number of nitrogens with zero attached hydrogens (tertiary/aromatic N) is 3. The normalized spacial score (nSPS) is 14.2. The molecule has 1 fully saturated rings. The largest absolute Gasteiger partial charge is 0.339 e. The molecule has 2 heterocycles. The molecule has 1 aromatic carbocycles. The zero-order valence-electron chi connectivity index (χ0n) is 14.9. The van der Waals surface area contributed by atoms with E-state index in [-0.39, 0.29) is 12.1 Å². The maximum absolute atomic E-state index is 12.3. The van der Waals surface area contributed by atoms with E-state index in [0.717, 1.165) is 29.7 Å². The average Bonchev–Trinajstić information content (AvgIpc) is 3.36. The molecule has 2 N–H and O–H groups in total. The summed E-state index contributed by atoms with van der Waals surface area (Å²) in [4.78, 5) is 20.8. The second-order valence-corrected chi connectivity index (χ2v) is 6.67. The lowest BCUT2D eigenvalue weighted by molar-refractivity contribution is 0.248. The molecule has 138 valence electrons. The lowest BCUT2D eigenvalue weighted by atomic mass is 10.1. The lowest BCUT2D eigenvalue weighted by Gasteiger charge is -2.14. The molecule has 0 spiro atoms. The van der Waals surface area contributed by atoms with E-state index >= 15 is 0 Å². The van der Waals surface area contributed by atoms with Crippen molar-refractivity contribution in [3.05, 3.63) is 60.2 Å². The van der Waals surface area contributed by atoms with Crippen LogP contribution in [0, 0.1) is 0 Å². The van der Waals surface area contributed by atoms with Gasteiger partial charge in [0.15, 0.2) is 0 Å². The highest BCUT2D eigenvalue weighted by Crippen LogP contribution is 2.21. The van der Waals surface area contributed by atoms with E-state index in [9.17, 15) is 4.79 Å². The number of carbonyl (C=O) groups excluding carboxylic acids is 1. The van der Waals surface area contributed by atoms with Gasteiger partial charge in [0.2, 0.25) is 11.7 Å². The summed E-state index contributed by atoms with van der Waals surface area (Å²) in [5.74, 6) is 0.988. The highest BCUT2D eigenvalue weighted by molar-refractivity contribution is 5.90. The topological polar surface area (TPSA) is 92.9 Å². The Kier molecular flexibility index (Phi) is 5.09. The van der Waals surface area contributed by atoms with Crippen LogP contribution in [-0.2, 0) is 6.42 Å². The van der Waals surface area contributed by atoms with Crippen LogP contribution in [0.3, 0.4) is 0 Å². The van der Waals surface area contributed by atoms with Crippen molar-refractivity contribution in [3.8, 4) is 11.4 Å². The minimum absolute atomic E-state index is 0.170. The van der Waals surface area contributed by atoms with Crippen LogP contribution in [-0.4, -0.2) is 27.2 Å². The van der Waals surface area contributed by atoms with Crippen LogP contribution < -0.4 is 10.6 Å². The molecule has 27 heavy (non-hydrogen) atoms. The lowest BCUT2D eigenvalue weighted by Crippen LogP contribution is -2.36. The minimum atomic E-state index is -0.170. The fourth-order valence-electron chi connectivity index (χ4n) is 3.31. The monoisotopic (exact) mass is 363 g/mol.